The molecule has 1 saturated heterocycles. The van der Waals surface area contributed by atoms with Crippen LogP contribution in [-0.4, -0.2) is 55.0 Å². The van der Waals surface area contributed by atoms with Crippen LogP contribution in [0.5, 0.6) is 0 Å². The van der Waals surface area contributed by atoms with E-state index in [1.54, 1.807) is 20.8 Å². The largest absolute Gasteiger partial charge is 0.444 e. The molecule has 2 unspecified atom stereocenters. The van der Waals surface area contributed by atoms with Crippen LogP contribution in [0.3, 0.4) is 0 Å². The Morgan fingerprint density at radius 1 is 1.42 bits per heavy atom. The normalized spacial score (nSPS) is 19.3. The van der Waals surface area contributed by atoms with E-state index in [4.69, 9.17) is 14.0 Å². The number of hydrogen-bond acceptors (Lipinski definition) is 8. The Morgan fingerprint density at radius 3 is 2.73 bits per heavy atom. The molecule has 2 heterocycles. The highest BCUT2D eigenvalue weighted by Gasteiger charge is 2.27. The molecule has 1 aliphatic heterocycles. The second-order valence-corrected chi connectivity index (χ2v) is 9.77. The zero-order chi connectivity index (χ0) is 19.4. The van der Waals surface area contributed by atoms with E-state index in [1.165, 1.54) is 0 Å². The van der Waals surface area contributed by atoms with Crippen molar-refractivity contribution in [3.63, 3.8) is 0 Å². The lowest BCUT2D eigenvalue weighted by Crippen LogP contribution is -2.35. The lowest BCUT2D eigenvalue weighted by molar-refractivity contribution is 0.0492. The van der Waals surface area contributed by atoms with Crippen LogP contribution in [0.15, 0.2) is 4.52 Å². The summed E-state index contributed by atoms with van der Waals surface area (Å²) in [6.45, 7) is 5.95. The van der Waals surface area contributed by atoms with E-state index >= 15 is 0 Å². The van der Waals surface area contributed by atoms with Gasteiger partial charge in [0.15, 0.2) is 5.82 Å². The first-order valence-electron chi connectivity index (χ1n) is 8.63. The number of nitrogens with zero attached hydrogens (tertiary/aromatic N) is 2. The fourth-order valence-electron chi connectivity index (χ4n) is 2.54. The second kappa shape index (κ2) is 8.34. The van der Waals surface area contributed by atoms with Crippen molar-refractivity contribution < 1.29 is 27.2 Å². The molecule has 10 heteroatoms. The predicted molar refractivity (Wildman–Crippen MR) is 93.4 cm³/mol. The molecular formula is C16H27N3O6S. The SMILES string of the molecule is CC(C)(C)OC(=O)NC(CCS(C)(=O)=O)c1nc(CC2CCCO2)no1. The molecule has 2 atom stereocenters. The van der Waals surface area contributed by atoms with Gasteiger partial charge in [-0.1, -0.05) is 5.16 Å². The van der Waals surface area contributed by atoms with Crippen LogP contribution in [0.25, 0.3) is 0 Å². The van der Waals surface area contributed by atoms with Gasteiger partial charge in [-0.3, -0.25) is 0 Å². The van der Waals surface area contributed by atoms with Crippen molar-refractivity contribution in [1.82, 2.24) is 15.5 Å². The van der Waals surface area contributed by atoms with Gasteiger partial charge in [0.05, 0.1) is 11.9 Å². The third-order valence-corrected chi connectivity index (χ3v) is 4.66. The Morgan fingerprint density at radius 2 is 2.15 bits per heavy atom. The fraction of sp³-hybridized carbons (Fsp3) is 0.812. The van der Waals surface area contributed by atoms with Gasteiger partial charge in [0.2, 0.25) is 5.89 Å². The third-order valence-electron chi connectivity index (χ3n) is 3.68. The van der Waals surface area contributed by atoms with Gasteiger partial charge in [0.1, 0.15) is 21.5 Å². The summed E-state index contributed by atoms with van der Waals surface area (Å²) in [4.78, 5) is 16.4. The van der Waals surface area contributed by atoms with Crippen LogP contribution in [0, 0.1) is 0 Å². The van der Waals surface area contributed by atoms with E-state index in [1.807, 2.05) is 0 Å². The van der Waals surface area contributed by atoms with Gasteiger partial charge in [-0.25, -0.2) is 13.2 Å². The molecule has 1 aromatic heterocycles. The molecule has 1 aliphatic rings. The first kappa shape index (κ1) is 20.6. The van der Waals surface area contributed by atoms with E-state index in [0.29, 0.717) is 12.2 Å². The number of aromatic nitrogens is 2. The minimum Gasteiger partial charge on any atom is -0.444 e. The molecule has 0 aromatic carbocycles. The minimum atomic E-state index is -3.21. The number of amides is 1. The van der Waals surface area contributed by atoms with E-state index in [-0.39, 0.29) is 24.2 Å². The number of carbonyl (C=O) groups is 1. The highest BCUT2D eigenvalue weighted by atomic mass is 32.2. The fourth-order valence-corrected chi connectivity index (χ4v) is 3.20. The molecule has 9 nitrogen and oxygen atoms in total. The van der Waals surface area contributed by atoms with Crippen molar-refractivity contribution in [2.75, 3.05) is 18.6 Å². The smallest absolute Gasteiger partial charge is 0.408 e. The molecule has 0 bridgehead atoms. The average Bonchev–Trinajstić information content (AvgIpc) is 3.13. The molecule has 2 rings (SSSR count). The van der Waals surface area contributed by atoms with Crippen molar-refractivity contribution in [1.29, 1.82) is 0 Å². The van der Waals surface area contributed by atoms with Crippen molar-refractivity contribution in [2.24, 2.45) is 0 Å². The molecule has 0 radical (unpaired) electrons. The molecule has 1 fully saturated rings. The zero-order valence-corrected chi connectivity index (χ0v) is 16.5. The number of rotatable bonds is 7. The second-order valence-electron chi connectivity index (χ2n) is 7.51. The Labute approximate surface area is 153 Å². The van der Waals surface area contributed by atoms with Crippen LogP contribution in [0.2, 0.25) is 0 Å². The number of nitrogens with one attached hydrogen (secondary N) is 1. The first-order valence-corrected chi connectivity index (χ1v) is 10.7. The first-order chi connectivity index (χ1) is 12.0. The average molecular weight is 389 g/mol. The predicted octanol–water partition coefficient (Wildman–Crippen LogP) is 1.79. The number of carbonyl (C=O) groups excluding carboxylic acids is 1. The molecule has 1 amide bonds. The Bertz CT molecular complexity index is 704. The number of hydrogen-bond donors (Lipinski definition) is 1. The van der Waals surface area contributed by atoms with E-state index in [0.717, 1.165) is 25.7 Å². The summed E-state index contributed by atoms with van der Waals surface area (Å²) in [5.74, 6) is 0.506. The lowest BCUT2D eigenvalue weighted by Gasteiger charge is -2.22. The maximum Gasteiger partial charge on any atom is 0.408 e. The molecule has 0 aliphatic carbocycles. The summed E-state index contributed by atoms with van der Waals surface area (Å²) < 4.78 is 39.0. The van der Waals surface area contributed by atoms with Crippen molar-refractivity contribution >= 4 is 15.9 Å². The molecule has 0 spiro atoms. The lowest BCUT2D eigenvalue weighted by atomic mass is 10.2. The zero-order valence-electron chi connectivity index (χ0n) is 15.6. The standard InChI is InChI=1S/C16H27N3O6S/c1-16(2,3)24-15(20)17-12(7-9-26(4,21)22)14-18-13(19-25-14)10-11-6-5-8-23-11/h11-12H,5-10H2,1-4H3,(H,17,20). The summed E-state index contributed by atoms with van der Waals surface area (Å²) in [5, 5.41) is 6.54. The summed E-state index contributed by atoms with van der Waals surface area (Å²) >= 11 is 0. The summed E-state index contributed by atoms with van der Waals surface area (Å²) in [7, 11) is -3.21. The van der Waals surface area contributed by atoms with Gasteiger partial charge in [-0.15, -0.1) is 0 Å². The highest BCUT2D eigenvalue weighted by molar-refractivity contribution is 7.90. The minimum absolute atomic E-state index is 0.0636. The van der Waals surface area contributed by atoms with Gasteiger partial charge in [0, 0.05) is 19.3 Å². The highest BCUT2D eigenvalue weighted by Crippen LogP contribution is 2.20. The Kier molecular flexibility index (Phi) is 6.62. The maximum atomic E-state index is 12.1. The van der Waals surface area contributed by atoms with E-state index < -0.39 is 27.6 Å². The van der Waals surface area contributed by atoms with Crippen molar-refractivity contribution in [3.05, 3.63) is 11.7 Å². The van der Waals surface area contributed by atoms with Crippen LogP contribution in [-0.2, 0) is 25.7 Å². The molecular weight excluding hydrogens is 362 g/mol. The molecule has 148 valence electrons. The van der Waals surface area contributed by atoms with Crippen LogP contribution in [0.1, 0.15) is 57.8 Å². The van der Waals surface area contributed by atoms with Gasteiger partial charge < -0.3 is 19.3 Å². The number of alkyl carbamates (subject to hydrolysis) is 1. The molecule has 0 saturated carbocycles. The van der Waals surface area contributed by atoms with E-state index in [9.17, 15) is 13.2 Å². The maximum absolute atomic E-state index is 12.1. The summed E-state index contributed by atoms with van der Waals surface area (Å²) in [6.07, 6.45) is 3.11. The van der Waals surface area contributed by atoms with Gasteiger partial charge in [0.25, 0.3) is 0 Å². The van der Waals surface area contributed by atoms with E-state index in [2.05, 4.69) is 15.5 Å². The monoisotopic (exact) mass is 389 g/mol. The molecule has 1 N–H and O–H groups in total. The molecule has 1 aromatic rings. The van der Waals surface area contributed by atoms with Crippen LogP contribution in [0.4, 0.5) is 4.79 Å². The summed E-state index contributed by atoms with van der Waals surface area (Å²) in [5.41, 5.74) is -0.675. The van der Waals surface area contributed by atoms with Crippen molar-refractivity contribution in [3.8, 4) is 0 Å². The Hall–Kier alpha value is -1.68. The van der Waals surface area contributed by atoms with Gasteiger partial charge >= 0.3 is 6.09 Å². The quantitative estimate of drug-likeness (QED) is 0.749. The van der Waals surface area contributed by atoms with Gasteiger partial charge in [-0.2, -0.15) is 4.98 Å². The summed E-state index contributed by atoms with van der Waals surface area (Å²) in [6, 6.07) is -0.745. The van der Waals surface area contributed by atoms with Crippen LogP contribution >= 0.6 is 0 Å². The van der Waals surface area contributed by atoms with Gasteiger partial charge in [-0.05, 0) is 40.0 Å². The third kappa shape index (κ3) is 7.28. The van der Waals surface area contributed by atoms with Crippen molar-refractivity contribution in [2.45, 2.75) is 64.2 Å². The topological polar surface area (TPSA) is 121 Å². The number of sulfone groups is 1. The van der Waals surface area contributed by atoms with Crippen LogP contribution < -0.4 is 5.32 Å². The Balaban J connectivity index is 2.06. The molecule has 26 heavy (non-hydrogen) atoms. The number of ether oxygens (including phenoxy) is 2.